The molecule has 1 aromatic heterocycles. The highest BCUT2D eigenvalue weighted by Crippen LogP contribution is 2.39. The summed E-state index contributed by atoms with van der Waals surface area (Å²) >= 11 is 14.0. The zero-order valence-corrected chi connectivity index (χ0v) is 15.0. The molecule has 0 aliphatic carbocycles. The summed E-state index contributed by atoms with van der Waals surface area (Å²) in [4.78, 5) is 1.05. The van der Waals surface area contributed by atoms with E-state index in [1.165, 1.54) is 5.56 Å². The van der Waals surface area contributed by atoms with Gasteiger partial charge in [0.05, 0.1) is 27.3 Å². The molecule has 1 atom stereocenters. The van der Waals surface area contributed by atoms with Gasteiger partial charge in [-0.05, 0) is 41.3 Å². The first kappa shape index (κ1) is 15.7. The maximum Gasteiger partial charge on any atom is 0.0832 e. The lowest BCUT2D eigenvalue weighted by Crippen LogP contribution is -2.18. The molecule has 2 nitrogen and oxygen atoms in total. The molecule has 1 aliphatic heterocycles. The number of hydrogen-bond donors (Lipinski definition) is 0. The van der Waals surface area contributed by atoms with Gasteiger partial charge < -0.3 is 0 Å². The predicted octanol–water partition coefficient (Wildman–Crippen LogP) is 6.41. The Kier molecular flexibility index (Phi) is 4.31. The van der Waals surface area contributed by atoms with Crippen LogP contribution < -0.4 is 5.01 Å². The van der Waals surface area contributed by atoms with E-state index in [2.05, 4.69) is 29.3 Å². The summed E-state index contributed by atoms with van der Waals surface area (Å²) in [7, 11) is 0. The van der Waals surface area contributed by atoms with E-state index in [1.807, 2.05) is 41.8 Å². The van der Waals surface area contributed by atoms with Gasteiger partial charge in [0.25, 0.3) is 0 Å². The standard InChI is InChI=1S/C19H14Cl2N2S/c20-14-8-6-13(7-9-14)18-12-17(19-16(21)10-11-24-19)22-23(18)15-4-2-1-3-5-15/h1-11,18H,12H2. The zero-order valence-electron chi connectivity index (χ0n) is 12.7. The summed E-state index contributed by atoms with van der Waals surface area (Å²) in [5.41, 5.74) is 3.29. The highest BCUT2D eigenvalue weighted by molar-refractivity contribution is 7.12. The van der Waals surface area contributed by atoms with Crippen molar-refractivity contribution >= 4 is 45.9 Å². The lowest BCUT2D eigenvalue weighted by molar-refractivity contribution is 0.709. The van der Waals surface area contributed by atoms with E-state index < -0.39 is 0 Å². The number of halogens is 2. The molecule has 0 saturated carbocycles. The molecule has 0 radical (unpaired) electrons. The summed E-state index contributed by atoms with van der Waals surface area (Å²) in [6.07, 6.45) is 0.816. The minimum Gasteiger partial charge on any atom is -0.257 e. The van der Waals surface area contributed by atoms with Gasteiger partial charge in [-0.1, -0.05) is 53.5 Å². The van der Waals surface area contributed by atoms with E-state index in [1.54, 1.807) is 11.3 Å². The quantitative estimate of drug-likeness (QED) is 0.518. The summed E-state index contributed by atoms with van der Waals surface area (Å²) in [5, 5.41) is 10.5. The molecule has 5 heteroatoms. The normalized spacial score (nSPS) is 17.2. The Morgan fingerprint density at radius 1 is 0.958 bits per heavy atom. The van der Waals surface area contributed by atoms with Crippen molar-refractivity contribution in [2.24, 2.45) is 5.10 Å². The molecule has 0 N–H and O–H groups in total. The Labute approximate surface area is 155 Å². The summed E-state index contributed by atoms with van der Waals surface area (Å²) in [6, 6.07) is 20.3. The Morgan fingerprint density at radius 3 is 2.38 bits per heavy atom. The first-order chi connectivity index (χ1) is 11.7. The number of nitrogens with zero attached hydrogens (tertiary/aromatic N) is 2. The van der Waals surface area contributed by atoms with E-state index in [-0.39, 0.29) is 6.04 Å². The van der Waals surface area contributed by atoms with Gasteiger partial charge in [-0.2, -0.15) is 5.10 Å². The monoisotopic (exact) mass is 372 g/mol. The molecule has 24 heavy (non-hydrogen) atoms. The van der Waals surface area contributed by atoms with Crippen molar-refractivity contribution in [2.45, 2.75) is 12.5 Å². The minimum absolute atomic E-state index is 0.137. The van der Waals surface area contributed by atoms with Crippen LogP contribution in [0.25, 0.3) is 0 Å². The molecular formula is C19H14Cl2N2S. The van der Waals surface area contributed by atoms with E-state index >= 15 is 0 Å². The second-order valence-corrected chi connectivity index (χ2v) is 7.36. The van der Waals surface area contributed by atoms with Gasteiger partial charge in [0.2, 0.25) is 0 Å². The van der Waals surface area contributed by atoms with E-state index in [0.29, 0.717) is 0 Å². The van der Waals surface area contributed by atoms with E-state index in [0.717, 1.165) is 32.7 Å². The van der Waals surface area contributed by atoms with Crippen LogP contribution in [0.15, 0.2) is 71.1 Å². The van der Waals surface area contributed by atoms with Crippen LogP contribution in [0.3, 0.4) is 0 Å². The lowest BCUT2D eigenvalue weighted by Gasteiger charge is -2.24. The largest absolute Gasteiger partial charge is 0.257 e. The van der Waals surface area contributed by atoms with Gasteiger partial charge in [-0.25, -0.2) is 0 Å². The minimum atomic E-state index is 0.137. The van der Waals surface area contributed by atoms with Crippen molar-refractivity contribution in [3.63, 3.8) is 0 Å². The fourth-order valence-electron chi connectivity index (χ4n) is 2.91. The van der Waals surface area contributed by atoms with Crippen LogP contribution in [0.2, 0.25) is 10.0 Å². The second-order valence-electron chi connectivity index (χ2n) is 5.60. The van der Waals surface area contributed by atoms with Crippen molar-refractivity contribution in [1.82, 2.24) is 0 Å². The molecule has 2 heterocycles. The number of benzene rings is 2. The topological polar surface area (TPSA) is 15.6 Å². The molecule has 0 fully saturated rings. The summed E-state index contributed by atoms with van der Waals surface area (Å²) in [5.74, 6) is 0. The van der Waals surface area contributed by atoms with E-state index in [9.17, 15) is 0 Å². The highest BCUT2D eigenvalue weighted by atomic mass is 35.5. The number of anilines is 1. The third-order valence-corrected chi connectivity index (χ3v) is 5.71. The predicted molar refractivity (Wildman–Crippen MR) is 104 cm³/mol. The first-order valence-electron chi connectivity index (χ1n) is 7.63. The van der Waals surface area contributed by atoms with Gasteiger partial charge in [0.15, 0.2) is 0 Å². The van der Waals surface area contributed by atoms with Crippen LogP contribution >= 0.6 is 34.5 Å². The van der Waals surface area contributed by atoms with Crippen LogP contribution in [0, 0.1) is 0 Å². The van der Waals surface area contributed by atoms with Crippen molar-refractivity contribution in [1.29, 1.82) is 0 Å². The van der Waals surface area contributed by atoms with Crippen molar-refractivity contribution in [3.8, 4) is 0 Å². The Bertz CT molecular complexity index is 872. The number of thiophene rings is 1. The molecule has 1 unspecified atom stereocenters. The van der Waals surface area contributed by atoms with Gasteiger partial charge >= 0.3 is 0 Å². The SMILES string of the molecule is Clc1ccc(C2CC(c3sccc3Cl)=NN2c2ccccc2)cc1. The average molecular weight is 373 g/mol. The smallest absolute Gasteiger partial charge is 0.0832 e. The third kappa shape index (κ3) is 2.95. The molecule has 0 bridgehead atoms. The second kappa shape index (κ2) is 6.60. The Hall–Kier alpha value is -1.81. The molecule has 1 aliphatic rings. The van der Waals surface area contributed by atoms with Crippen LogP contribution in [-0.2, 0) is 0 Å². The maximum absolute atomic E-state index is 6.32. The Morgan fingerprint density at radius 2 is 1.71 bits per heavy atom. The molecule has 4 rings (SSSR count). The number of para-hydroxylation sites is 1. The molecular weight excluding hydrogens is 359 g/mol. The lowest BCUT2D eigenvalue weighted by atomic mass is 10.0. The maximum atomic E-state index is 6.32. The Balaban J connectivity index is 1.76. The summed E-state index contributed by atoms with van der Waals surface area (Å²) in [6.45, 7) is 0. The number of rotatable bonds is 3. The van der Waals surface area contributed by atoms with Crippen molar-refractivity contribution in [2.75, 3.05) is 5.01 Å². The van der Waals surface area contributed by atoms with Crippen LogP contribution in [-0.4, -0.2) is 5.71 Å². The van der Waals surface area contributed by atoms with Crippen LogP contribution in [0.5, 0.6) is 0 Å². The molecule has 0 saturated heterocycles. The van der Waals surface area contributed by atoms with Crippen LogP contribution in [0.4, 0.5) is 5.69 Å². The molecule has 0 spiro atoms. The van der Waals surface area contributed by atoms with Crippen molar-refractivity contribution in [3.05, 3.63) is 86.5 Å². The zero-order chi connectivity index (χ0) is 16.5. The highest BCUT2D eigenvalue weighted by Gasteiger charge is 2.31. The molecule has 2 aromatic carbocycles. The third-order valence-electron chi connectivity index (χ3n) is 4.07. The number of hydrogen-bond acceptors (Lipinski definition) is 3. The van der Waals surface area contributed by atoms with E-state index in [4.69, 9.17) is 28.3 Å². The molecule has 0 amide bonds. The average Bonchev–Trinajstić information content (AvgIpc) is 3.22. The fraction of sp³-hybridized carbons (Fsp3) is 0.105. The van der Waals surface area contributed by atoms with Crippen LogP contribution in [0.1, 0.15) is 22.9 Å². The van der Waals surface area contributed by atoms with Gasteiger partial charge in [0, 0.05) is 11.4 Å². The molecule has 3 aromatic rings. The van der Waals surface area contributed by atoms with Gasteiger partial charge in [-0.3, -0.25) is 5.01 Å². The summed E-state index contributed by atoms with van der Waals surface area (Å²) < 4.78 is 0. The van der Waals surface area contributed by atoms with Gasteiger partial charge in [-0.15, -0.1) is 11.3 Å². The van der Waals surface area contributed by atoms with Crippen molar-refractivity contribution < 1.29 is 0 Å². The fourth-order valence-corrected chi connectivity index (χ4v) is 4.20. The molecule has 120 valence electrons. The first-order valence-corrected chi connectivity index (χ1v) is 9.26. The number of hydrazone groups is 1. The van der Waals surface area contributed by atoms with Gasteiger partial charge in [0.1, 0.15) is 0 Å².